The predicted octanol–water partition coefficient (Wildman–Crippen LogP) is 3.75. The van der Waals surface area contributed by atoms with E-state index < -0.39 is 40.8 Å². The van der Waals surface area contributed by atoms with E-state index in [9.17, 15) is 39.6 Å². The molecule has 0 saturated carbocycles. The zero-order chi connectivity index (χ0) is 25.1. The maximum atomic E-state index is 12.8. The number of hydrogen-bond donors (Lipinski definition) is 1. The number of benzene rings is 1. The summed E-state index contributed by atoms with van der Waals surface area (Å²) in [7, 11) is -4.01. The second kappa shape index (κ2) is 9.62. The number of aromatic nitrogens is 1. The van der Waals surface area contributed by atoms with Crippen LogP contribution in [0.5, 0.6) is 5.75 Å². The molecular formula is C20H17F6N3O4S. The summed E-state index contributed by atoms with van der Waals surface area (Å²) >= 11 is 0. The molecule has 1 aliphatic heterocycles. The van der Waals surface area contributed by atoms with Gasteiger partial charge in [-0.05, 0) is 48.4 Å². The van der Waals surface area contributed by atoms with Crippen molar-refractivity contribution in [2.75, 3.05) is 19.6 Å². The molecule has 1 aromatic carbocycles. The van der Waals surface area contributed by atoms with Gasteiger partial charge in [-0.1, -0.05) is 12.1 Å². The minimum Gasteiger partial charge on any atom is -0.406 e. The number of amides is 1. The van der Waals surface area contributed by atoms with E-state index in [4.69, 9.17) is 0 Å². The van der Waals surface area contributed by atoms with Gasteiger partial charge in [0, 0.05) is 13.1 Å². The maximum absolute atomic E-state index is 12.8. The number of sulfonamides is 1. The van der Waals surface area contributed by atoms with Gasteiger partial charge in [0.15, 0.2) is 0 Å². The molecule has 3 rings (SSSR count). The number of nitrogens with one attached hydrogen (secondary N) is 1. The van der Waals surface area contributed by atoms with E-state index in [1.54, 1.807) is 11.4 Å². The summed E-state index contributed by atoms with van der Waals surface area (Å²) in [6, 6.07) is 8.02. The number of ether oxygens (including phenoxy) is 1. The number of carbonyl (C=O) groups excluding carboxylic acids is 1. The van der Waals surface area contributed by atoms with Crippen LogP contribution in [0.3, 0.4) is 0 Å². The average Bonchev–Trinajstić information content (AvgIpc) is 2.76. The van der Waals surface area contributed by atoms with Crippen molar-refractivity contribution in [3.63, 3.8) is 0 Å². The molecule has 0 saturated heterocycles. The Balaban J connectivity index is 1.70. The lowest BCUT2D eigenvalue weighted by Crippen LogP contribution is -2.35. The molecule has 0 fully saturated rings. The minimum absolute atomic E-state index is 0.0150. The summed E-state index contributed by atoms with van der Waals surface area (Å²) in [5, 5.41) is 1.73. The van der Waals surface area contributed by atoms with E-state index in [1.165, 1.54) is 18.2 Å². The normalized spacial score (nSPS) is 15.5. The molecule has 2 heterocycles. The van der Waals surface area contributed by atoms with Crippen LogP contribution in [0, 0.1) is 0 Å². The van der Waals surface area contributed by atoms with Crippen molar-refractivity contribution in [3.8, 4) is 5.75 Å². The van der Waals surface area contributed by atoms with Gasteiger partial charge in [0.25, 0.3) is 5.91 Å². The Morgan fingerprint density at radius 2 is 1.74 bits per heavy atom. The largest absolute Gasteiger partial charge is 0.573 e. The van der Waals surface area contributed by atoms with Crippen molar-refractivity contribution in [2.24, 2.45) is 0 Å². The summed E-state index contributed by atoms with van der Waals surface area (Å²) in [6.07, 6.45) is -7.74. The fourth-order valence-corrected chi connectivity index (χ4v) is 4.46. The number of rotatable bonds is 6. The Bertz CT molecular complexity index is 1180. The average molecular weight is 509 g/mol. The van der Waals surface area contributed by atoms with Crippen molar-refractivity contribution < 1.29 is 44.3 Å². The first-order valence-corrected chi connectivity index (χ1v) is 11.1. The van der Waals surface area contributed by atoms with Gasteiger partial charge in [0.05, 0.1) is 10.6 Å². The summed E-state index contributed by atoms with van der Waals surface area (Å²) in [5.74, 6) is -1.56. The molecule has 7 nitrogen and oxygen atoms in total. The number of pyridine rings is 1. The molecule has 1 N–H and O–H groups in total. The molecule has 34 heavy (non-hydrogen) atoms. The molecule has 1 aromatic heterocycles. The fourth-order valence-electron chi connectivity index (χ4n) is 3.07. The molecule has 1 aliphatic rings. The molecule has 184 valence electrons. The first kappa shape index (κ1) is 25.5. The first-order chi connectivity index (χ1) is 15.7. The standard InChI is InChI=1S/C20H17F6N3O4S/c21-19(22,23)12-27-18(30)17-3-1-2-16(28-17)13-8-10-29(11-9-13)34(31,32)15-6-4-14(5-7-15)33-20(24,25)26/h1-8H,9-12H2,(H,27,30). The topological polar surface area (TPSA) is 88.6 Å². The summed E-state index contributed by atoms with van der Waals surface area (Å²) in [4.78, 5) is 15.8. The molecule has 0 spiro atoms. The SMILES string of the molecule is O=C(NCC(F)(F)F)c1cccc(C2=CCN(S(=O)(=O)c3ccc(OC(F)(F)F)cc3)CC2)n1. The van der Waals surface area contributed by atoms with E-state index in [0.717, 1.165) is 28.6 Å². The van der Waals surface area contributed by atoms with Crippen molar-refractivity contribution in [2.45, 2.75) is 23.9 Å². The van der Waals surface area contributed by atoms with Crippen molar-refractivity contribution >= 4 is 21.5 Å². The van der Waals surface area contributed by atoms with Gasteiger partial charge in [0.1, 0.15) is 18.0 Å². The minimum atomic E-state index is -4.90. The van der Waals surface area contributed by atoms with Gasteiger partial charge < -0.3 is 10.1 Å². The fraction of sp³-hybridized carbons (Fsp3) is 0.300. The lowest BCUT2D eigenvalue weighted by Gasteiger charge is -2.26. The van der Waals surface area contributed by atoms with Crippen molar-refractivity contribution in [1.29, 1.82) is 0 Å². The zero-order valence-corrected chi connectivity index (χ0v) is 18.0. The Labute approximate surface area is 190 Å². The van der Waals surface area contributed by atoms with Crippen LogP contribution in [0.2, 0.25) is 0 Å². The predicted molar refractivity (Wildman–Crippen MR) is 107 cm³/mol. The van der Waals surface area contributed by atoms with Crippen LogP contribution >= 0.6 is 0 Å². The highest BCUT2D eigenvalue weighted by molar-refractivity contribution is 7.89. The summed E-state index contributed by atoms with van der Waals surface area (Å²) in [5.41, 5.74) is 0.676. The smallest absolute Gasteiger partial charge is 0.406 e. The molecule has 0 bridgehead atoms. The molecule has 0 unspecified atom stereocenters. The molecule has 14 heteroatoms. The number of carbonyl (C=O) groups is 1. The van der Waals surface area contributed by atoms with Crippen LogP contribution in [0.15, 0.2) is 53.4 Å². The van der Waals surface area contributed by atoms with Crippen LogP contribution in [-0.2, 0) is 10.0 Å². The number of hydrogen-bond acceptors (Lipinski definition) is 5. The number of nitrogens with zero attached hydrogens (tertiary/aromatic N) is 2. The zero-order valence-electron chi connectivity index (χ0n) is 17.2. The summed E-state index contributed by atoms with van der Waals surface area (Å²) < 4.78 is 104. The van der Waals surface area contributed by atoms with E-state index in [1.807, 2.05) is 0 Å². The maximum Gasteiger partial charge on any atom is 0.573 e. The monoisotopic (exact) mass is 509 g/mol. The second-order valence-electron chi connectivity index (χ2n) is 7.07. The van der Waals surface area contributed by atoms with Crippen LogP contribution in [0.4, 0.5) is 26.3 Å². The lowest BCUT2D eigenvalue weighted by atomic mass is 10.1. The Morgan fingerprint density at radius 3 is 2.29 bits per heavy atom. The molecule has 1 amide bonds. The molecule has 0 radical (unpaired) electrons. The van der Waals surface area contributed by atoms with Gasteiger partial charge in [0.2, 0.25) is 10.0 Å². The lowest BCUT2D eigenvalue weighted by molar-refractivity contribution is -0.274. The van der Waals surface area contributed by atoms with E-state index in [0.29, 0.717) is 11.3 Å². The second-order valence-corrected chi connectivity index (χ2v) is 9.01. The number of halogens is 6. The van der Waals surface area contributed by atoms with Gasteiger partial charge in [-0.2, -0.15) is 17.5 Å². The van der Waals surface area contributed by atoms with Gasteiger partial charge >= 0.3 is 12.5 Å². The van der Waals surface area contributed by atoms with Crippen molar-refractivity contribution in [3.05, 3.63) is 59.9 Å². The Kier molecular flexibility index (Phi) is 7.21. The van der Waals surface area contributed by atoms with Gasteiger partial charge in [-0.3, -0.25) is 4.79 Å². The molecule has 2 aromatic rings. The molecule has 0 atom stereocenters. The Morgan fingerprint density at radius 1 is 1.06 bits per heavy atom. The van der Waals surface area contributed by atoms with Crippen molar-refractivity contribution in [1.82, 2.24) is 14.6 Å². The third-order valence-electron chi connectivity index (χ3n) is 4.63. The van der Waals surface area contributed by atoms with Crippen LogP contribution < -0.4 is 10.1 Å². The van der Waals surface area contributed by atoms with Crippen LogP contribution in [0.25, 0.3) is 5.57 Å². The molecular weight excluding hydrogens is 492 g/mol. The number of alkyl halides is 6. The highest BCUT2D eigenvalue weighted by Gasteiger charge is 2.32. The third-order valence-corrected chi connectivity index (χ3v) is 6.51. The highest BCUT2D eigenvalue weighted by atomic mass is 32.2. The van der Waals surface area contributed by atoms with E-state index in [2.05, 4.69) is 9.72 Å². The van der Waals surface area contributed by atoms with Crippen LogP contribution in [0.1, 0.15) is 22.6 Å². The third kappa shape index (κ3) is 6.70. The van der Waals surface area contributed by atoms with E-state index in [-0.39, 0.29) is 30.1 Å². The van der Waals surface area contributed by atoms with Gasteiger partial charge in [-0.15, -0.1) is 13.2 Å². The summed E-state index contributed by atoms with van der Waals surface area (Å²) in [6.45, 7) is -1.57. The quantitative estimate of drug-likeness (QED) is 0.600. The van der Waals surface area contributed by atoms with Gasteiger partial charge in [-0.25, -0.2) is 13.4 Å². The van der Waals surface area contributed by atoms with Crippen LogP contribution in [-0.4, -0.2) is 55.8 Å². The highest BCUT2D eigenvalue weighted by Crippen LogP contribution is 2.28. The van der Waals surface area contributed by atoms with E-state index >= 15 is 0 Å². The first-order valence-electron chi connectivity index (χ1n) is 9.62. The Hall–Kier alpha value is -3.13. The molecule has 0 aliphatic carbocycles.